The third kappa shape index (κ3) is 3.93. The third-order valence-electron chi connectivity index (χ3n) is 3.48. The monoisotopic (exact) mass is 362 g/mol. The number of esters is 1. The zero-order chi connectivity index (χ0) is 18.1. The number of hydrogen-bond donors (Lipinski definition) is 2. The lowest BCUT2D eigenvalue weighted by Gasteiger charge is -2.31. The summed E-state index contributed by atoms with van der Waals surface area (Å²) in [6.45, 7) is 7.21. The first kappa shape index (κ1) is 18.4. The highest BCUT2D eigenvalue weighted by molar-refractivity contribution is 7.80. The fourth-order valence-electron chi connectivity index (χ4n) is 2.52. The summed E-state index contributed by atoms with van der Waals surface area (Å²) in [5.74, 6) is 1.42. The van der Waals surface area contributed by atoms with Gasteiger partial charge < -0.3 is 10.1 Å². The number of thiocarbonyl (C=S) groups is 1. The zero-order valence-electron chi connectivity index (χ0n) is 14.0. The van der Waals surface area contributed by atoms with Gasteiger partial charge in [-0.1, -0.05) is 36.0 Å². The van der Waals surface area contributed by atoms with E-state index in [0.29, 0.717) is 26.9 Å². The number of halogens is 1. The third-order valence-corrected chi connectivity index (χ3v) is 4.06. The van der Waals surface area contributed by atoms with Gasteiger partial charge in [0.15, 0.2) is 0 Å². The van der Waals surface area contributed by atoms with Gasteiger partial charge in [-0.05, 0) is 51.3 Å². The van der Waals surface area contributed by atoms with E-state index in [-0.39, 0.29) is 0 Å². The van der Waals surface area contributed by atoms with Crippen molar-refractivity contribution in [3.05, 3.63) is 51.7 Å². The van der Waals surface area contributed by atoms with Crippen molar-refractivity contribution in [3.63, 3.8) is 0 Å². The van der Waals surface area contributed by atoms with Crippen molar-refractivity contribution >= 4 is 40.6 Å². The Morgan fingerprint density at radius 1 is 1.33 bits per heavy atom. The van der Waals surface area contributed by atoms with E-state index in [2.05, 4.69) is 11.2 Å². The maximum Gasteiger partial charge on any atom is 0.337 e. The van der Waals surface area contributed by atoms with Crippen molar-refractivity contribution in [2.24, 2.45) is 0 Å². The molecule has 1 aromatic rings. The number of benzene rings is 1. The first-order valence-corrected chi connectivity index (χ1v) is 8.23. The Morgan fingerprint density at radius 3 is 2.42 bits per heavy atom. The summed E-state index contributed by atoms with van der Waals surface area (Å²) in [7, 11) is 0. The normalized spacial score (nSPS) is 18.1. The van der Waals surface area contributed by atoms with Crippen LogP contribution in [-0.2, 0) is 9.53 Å². The number of hydrogen-bond acceptors (Lipinski definition) is 4. The molecule has 1 heterocycles. The highest BCUT2D eigenvalue weighted by Crippen LogP contribution is 2.37. The van der Waals surface area contributed by atoms with Crippen molar-refractivity contribution < 1.29 is 9.53 Å². The molecule has 1 aliphatic rings. The van der Waals surface area contributed by atoms with Crippen molar-refractivity contribution in [2.45, 2.75) is 39.2 Å². The van der Waals surface area contributed by atoms with E-state index in [1.807, 2.05) is 32.9 Å². The Kier molecular flexibility index (Phi) is 5.29. The van der Waals surface area contributed by atoms with Crippen molar-refractivity contribution in [2.75, 3.05) is 0 Å². The van der Waals surface area contributed by atoms with Crippen LogP contribution in [0.5, 0.6) is 0 Å². The average molecular weight is 363 g/mol. The number of ether oxygens (including phenoxy) is 1. The molecule has 1 unspecified atom stereocenters. The lowest BCUT2D eigenvalue weighted by molar-refractivity contribution is -0.150. The number of rotatable bonds is 2. The van der Waals surface area contributed by atoms with Crippen LogP contribution in [0.3, 0.4) is 0 Å². The second kappa shape index (κ2) is 6.89. The molecule has 2 N–H and O–H groups in total. The van der Waals surface area contributed by atoms with Crippen LogP contribution < -0.4 is 5.32 Å². The van der Waals surface area contributed by atoms with E-state index < -0.39 is 17.5 Å². The van der Waals surface area contributed by atoms with Gasteiger partial charge in [0.05, 0.1) is 17.1 Å². The largest absolute Gasteiger partial charge is 0.457 e. The van der Waals surface area contributed by atoms with E-state index in [1.165, 1.54) is 0 Å². The summed E-state index contributed by atoms with van der Waals surface area (Å²) in [6, 6.07) is 7.11. The van der Waals surface area contributed by atoms with E-state index in [9.17, 15) is 4.79 Å². The molecule has 1 aromatic carbocycles. The molecule has 24 heavy (non-hydrogen) atoms. The van der Waals surface area contributed by atoms with Crippen LogP contribution in [0.15, 0.2) is 41.1 Å². The topological polar surface area (TPSA) is 62.2 Å². The van der Waals surface area contributed by atoms with Crippen LogP contribution >= 0.6 is 23.8 Å². The minimum atomic E-state index is -0.624. The Hall–Kier alpha value is -1.94. The summed E-state index contributed by atoms with van der Waals surface area (Å²) in [5.41, 5.74) is 1.65. The van der Waals surface area contributed by atoms with Crippen LogP contribution in [0.2, 0.25) is 5.02 Å². The molecule has 0 amide bonds. The predicted molar refractivity (Wildman–Crippen MR) is 99.7 cm³/mol. The molecule has 0 saturated carbocycles. The minimum Gasteiger partial charge on any atom is -0.457 e. The summed E-state index contributed by atoms with van der Waals surface area (Å²) >= 11 is 11.3. The summed E-state index contributed by atoms with van der Waals surface area (Å²) in [4.78, 5) is 13.1. The molecule has 0 spiro atoms. The average Bonchev–Trinajstić information content (AvgIpc) is 2.45. The molecule has 0 bridgehead atoms. The molecule has 2 rings (SSSR count). The van der Waals surface area contributed by atoms with E-state index >= 15 is 0 Å². The first-order chi connectivity index (χ1) is 11.1. The Balaban J connectivity index is 2.60. The molecule has 0 aromatic heterocycles. The van der Waals surface area contributed by atoms with Gasteiger partial charge in [-0.15, -0.1) is 0 Å². The van der Waals surface area contributed by atoms with Crippen LogP contribution in [0.1, 0.15) is 39.2 Å². The smallest absolute Gasteiger partial charge is 0.337 e. The molecular weight excluding hydrogens is 344 g/mol. The highest BCUT2D eigenvalue weighted by Gasteiger charge is 2.36. The fraction of sp³-hybridized carbons (Fsp3) is 0.333. The number of allylic oxidation sites excluding steroid dienone is 1. The molecule has 0 radical (unpaired) electrons. The lowest BCUT2D eigenvalue weighted by atomic mass is 9.81. The van der Waals surface area contributed by atoms with Gasteiger partial charge in [-0.2, -0.15) is 0 Å². The summed E-state index contributed by atoms with van der Waals surface area (Å²) in [6.07, 6.45) is 0. The molecule has 0 aliphatic carbocycles. The molecular formula is C18H19ClN2O2S. The molecule has 4 nitrogen and oxygen atoms in total. The van der Waals surface area contributed by atoms with E-state index in [1.54, 1.807) is 19.1 Å². The van der Waals surface area contributed by atoms with Gasteiger partial charge in [-0.25, -0.2) is 4.79 Å². The maximum atomic E-state index is 12.8. The van der Waals surface area contributed by atoms with Gasteiger partial charge in [0, 0.05) is 10.7 Å². The van der Waals surface area contributed by atoms with Crippen LogP contribution in [0, 0.1) is 5.41 Å². The number of carbonyl (C=O) groups is 1. The number of nitrogens with one attached hydrogen (secondary N) is 2. The Bertz CT molecular complexity index is 769. The molecule has 126 valence electrons. The van der Waals surface area contributed by atoms with Gasteiger partial charge in [0.2, 0.25) is 0 Å². The molecule has 1 aliphatic heterocycles. The maximum absolute atomic E-state index is 12.8. The second-order valence-corrected chi connectivity index (χ2v) is 7.36. The van der Waals surface area contributed by atoms with Gasteiger partial charge >= 0.3 is 5.97 Å². The van der Waals surface area contributed by atoms with Gasteiger partial charge in [-0.3, -0.25) is 5.41 Å². The van der Waals surface area contributed by atoms with Gasteiger partial charge in [0.1, 0.15) is 10.6 Å². The lowest BCUT2D eigenvalue weighted by Crippen LogP contribution is -2.37. The number of carbonyl (C=O) groups excluding carboxylic acids is 1. The summed E-state index contributed by atoms with van der Waals surface area (Å²) in [5, 5.41) is 11.2. The van der Waals surface area contributed by atoms with Crippen LogP contribution in [0.4, 0.5) is 0 Å². The van der Waals surface area contributed by atoms with Crippen molar-refractivity contribution in [3.8, 4) is 0 Å². The van der Waals surface area contributed by atoms with Crippen LogP contribution in [-0.4, -0.2) is 22.4 Å². The quantitative estimate of drug-likeness (QED) is 0.359. The SMILES string of the molecule is CC1=C(C(=O)OC(C)(C)C)C(c2ccc(Cl)cc2)C(=C=N)C(=S)N1. The fourth-order valence-corrected chi connectivity index (χ4v) is 2.97. The zero-order valence-corrected chi connectivity index (χ0v) is 15.6. The van der Waals surface area contributed by atoms with Gasteiger partial charge in [0.25, 0.3) is 0 Å². The molecule has 0 fully saturated rings. The Morgan fingerprint density at radius 2 is 1.92 bits per heavy atom. The van der Waals surface area contributed by atoms with Crippen molar-refractivity contribution in [1.29, 1.82) is 5.41 Å². The molecule has 0 saturated heterocycles. The highest BCUT2D eigenvalue weighted by atomic mass is 35.5. The predicted octanol–water partition coefficient (Wildman–Crippen LogP) is 4.14. The second-order valence-electron chi connectivity index (χ2n) is 6.52. The molecule has 1 atom stereocenters. The first-order valence-electron chi connectivity index (χ1n) is 7.44. The van der Waals surface area contributed by atoms with E-state index in [4.69, 9.17) is 34.0 Å². The Labute approximate surface area is 152 Å². The summed E-state index contributed by atoms with van der Waals surface area (Å²) < 4.78 is 5.54. The van der Waals surface area contributed by atoms with Crippen molar-refractivity contribution in [1.82, 2.24) is 5.32 Å². The standard InChI is InChI=1S/C18H19ClN2O2S/c1-10-14(17(22)23-18(2,3)4)15(13(9-20)16(24)21-10)11-5-7-12(19)8-6-11/h5-8,15,20H,1-4H3,(H,21,24). The minimum absolute atomic E-state index is 0.384. The van der Waals surface area contributed by atoms with E-state index in [0.717, 1.165) is 5.56 Å². The van der Waals surface area contributed by atoms with Crippen LogP contribution in [0.25, 0.3) is 0 Å². The molecule has 6 heteroatoms.